The Kier molecular flexibility index (Phi) is 4.94. The molecular formula is C17H22OSi. The predicted molar refractivity (Wildman–Crippen MR) is 85.8 cm³/mol. The smallest absolute Gasteiger partial charge is 0.192 e. The van der Waals surface area contributed by atoms with Crippen LogP contribution in [0.25, 0.3) is 11.1 Å². The molecule has 1 aromatic carbocycles. The molecule has 0 amide bonds. The Morgan fingerprint density at radius 3 is 1.79 bits per heavy atom. The SMILES string of the molecule is CCCO[SiH2]c1c(C)cccc1C.c1cc2ccc1-2. The summed E-state index contributed by atoms with van der Waals surface area (Å²) in [7, 11) is -0.480. The molecule has 0 aromatic heterocycles. The van der Waals surface area contributed by atoms with E-state index in [-0.39, 0.29) is 0 Å². The molecule has 0 saturated heterocycles. The van der Waals surface area contributed by atoms with Crippen molar-refractivity contribution >= 4 is 14.9 Å². The fraction of sp³-hybridized carbons (Fsp3) is 0.294. The molecule has 0 saturated carbocycles. The van der Waals surface area contributed by atoms with Gasteiger partial charge in [-0.1, -0.05) is 49.4 Å². The van der Waals surface area contributed by atoms with Gasteiger partial charge in [0.25, 0.3) is 0 Å². The lowest BCUT2D eigenvalue weighted by molar-refractivity contribution is 0.341. The van der Waals surface area contributed by atoms with Crippen LogP contribution in [0.1, 0.15) is 24.5 Å². The molecule has 0 heterocycles. The van der Waals surface area contributed by atoms with Gasteiger partial charge in [0.05, 0.1) is 0 Å². The Bertz CT molecular complexity index is 490. The van der Waals surface area contributed by atoms with Crippen molar-refractivity contribution < 1.29 is 4.43 Å². The van der Waals surface area contributed by atoms with Crippen LogP contribution in [0.2, 0.25) is 0 Å². The summed E-state index contributed by atoms with van der Waals surface area (Å²) < 4.78 is 5.67. The minimum atomic E-state index is -0.480. The van der Waals surface area contributed by atoms with Gasteiger partial charge in [0.1, 0.15) is 0 Å². The van der Waals surface area contributed by atoms with E-state index in [9.17, 15) is 0 Å². The van der Waals surface area contributed by atoms with Crippen LogP contribution in [0.4, 0.5) is 0 Å². The molecule has 100 valence electrons. The van der Waals surface area contributed by atoms with E-state index in [2.05, 4.69) is 63.2 Å². The number of fused-ring (bicyclic) bond motifs is 1. The molecule has 2 heteroatoms. The average Bonchev–Trinajstić information content (AvgIpc) is 2.38. The fourth-order valence-electron chi connectivity index (χ4n) is 2.06. The molecule has 2 aliphatic rings. The maximum absolute atomic E-state index is 5.67. The van der Waals surface area contributed by atoms with Crippen LogP contribution in [0, 0.1) is 13.8 Å². The highest BCUT2D eigenvalue weighted by Gasteiger charge is 2.04. The third-order valence-corrected chi connectivity index (χ3v) is 5.35. The molecule has 2 aliphatic carbocycles. The molecule has 0 fully saturated rings. The van der Waals surface area contributed by atoms with Crippen molar-refractivity contribution in [1.29, 1.82) is 0 Å². The van der Waals surface area contributed by atoms with Gasteiger partial charge in [0.15, 0.2) is 9.76 Å². The topological polar surface area (TPSA) is 9.23 Å². The van der Waals surface area contributed by atoms with Gasteiger partial charge >= 0.3 is 0 Å². The zero-order chi connectivity index (χ0) is 13.7. The first kappa shape index (κ1) is 14.0. The molecule has 0 unspecified atom stereocenters. The summed E-state index contributed by atoms with van der Waals surface area (Å²) in [6.07, 6.45) is 1.12. The van der Waals surface area contributed by atoms with E-state index >= 15 is 0 Å². The van der Waals surface area contributed by atoms with Crippen molar-refractivity contribution in [2.24, 2.45) is 0 Å². The number of benzene rings is 2. The highest BCUT2D eigenvalue weighted by Crippen LogP contribution is 2.29. The van der Waals surface area contributed by atoms with Gasteiger partial charge in [-0.25, -0.2) is 0 Å². The maximum atomic E-state index is 5.67. The van der Waals surface area contributed by atoms with Crippen LogP contribution < -0.4 is 5.19 Å². The number of hydrogen-bond donors (Lipinski definition) is 0. The summed E-state index contributed by atoms with van der Waals surface area (Å²) >= 11 is 0. The van der Waals surface area contributed by atoms with Crippen LogP contribution >= 0.6 is 0 Å². The second kappa shape index (κ2) is 6.69. The zero-order valence-corrected chi connectivity index (χ0v) is 13.5. The molecule has 3 rings (SSSR count). The molecule has 0 atom stereocenters. The number of rotatable bonds is 4. The normalized spacial score (nSPS) is 11.3. The third kappa shape index (κ3) is 3.55. The molecule has 0 radical (unpaired) electrons. The molecule has 1 nitrogen and oxygen atoms in total. The van der Waals surface area contributed by atoms with E-state index < -0.39 is 9.76 Å². The lowest BCUT2D eigenvalue weighted by Crippen LogP contribution is -2.23. The molecule has 0 N–H and O–H groups in total. The fourth-order valence-corrected chi connectivity index (χ4v) is 3.39. The number of aryl methyl sites for hydroxylation is 2. The van der Waals surface area contributed by atoms with Crippen LogP contribution in [0.5, 0.6) is 0 Å². The molecule has 0 bridgehead atoms. The number of hydrogen-bond acceptors (Lipinski definition) is 1. The lowest BCUT2D eigenvalue weighted by atomic mass is 9.95. The highest BCUT2D eigenvalue weighted by molar-refractivity contribution is 6.48. The maximum Gasteiger partial charge on any atom is 0.192 e. The quantitative estimate of drug-likeness (QED) is 0.523. The van der Waals surface area contributed by atoms with Crippen molar-refractivity contribution in [2.45, 2.75) is 27.2 Å². The molecular weight excluding hydrogens is 248 g/mol. The van der Waals surface area contributed by atoms with E-state index in [1.165, 1.54) is 27.4 Å². The third-order valence-electron chi connectivity index (χ3n) is 3.46. The van der Waals surface area contributed by atoms with Gasteiger partial charge in [0, 0.05) is 6.61 Å². The van der Waals surface area contributed by atoms with Crippen LogP contribution in [0.15, 0.2) is 42.5 Å². The standard InChI is InChI=1S/C11H18OSi.C6H4/c1-4-8-12-13-11-9(2)6-5-7-10(11)3;1-2-6-4-3-5(1)6/h5-7H,4,8,13H2,1-3H3;1-4H. The summed E-state index contributed by atoms with van der Waals surface area (Å²) in [5, 5.41) is 1.48. The Morgan fingerprint density at radius 1 is 0.895 bits per heavy atom. The van der Waals surface area contributed by atoms with Crippen molar-refractivity contribution in [3.63, 3.8) is 0 Å². The average molecular weight is 270 g/mol. The first-order valence-corrected chi connectivity index (χ1v) is 8.24. The monoisotopic (exact) mass is 270 g/mol. The van der Waals surface area contributed by atoms with E-state index in [1.807, 2.05) is 0 Å². The van der Waals surface area contributed by atoms with Crippen LogP contribution in [0.3, 0.4) is 0 Å². The highest BCUT2D eigenvalue weighted by atomic mass is 28.2. The summed E-state index contributed by atoms with van der Waals surface area (Å²) in [6, 6.07) is 14.9. The molecule has 1 aromatic rings. The van der Waals surface area contributed by atoms with Crippen molar-refractivity contribution in [3.8, 4) is 11.1 Å². The van der Waals surface area contributed by atoms with Gasteiger partial charge in [-0.2, -0.15) is 0 Å². The van der Waals surface area contributed by atoms with Gasteiger partial charge in [-0.05, 0) is 47.7 Å². The minimum absolute atomic E-state index is 0.480. The van der Waals surface area contributed by atoms with Crippen molar-refractivity contribution in [3.05, 3.63) is 53.6 Å². The predicted octanol–water partition coefficient (Wildman–Crippen LogP) is 3.11. The van der Waals surface area contributed by atoms with Gasteiger partial charge < -0.3 is 4.43 Å². The van der Waals surface area contributed by atoms with Crippen molar-refractivity contribution in [1.82, 2.24) is 0 Å². The largest absolute Gasteiger partial charge is 0.419 e. The van der Waals surface area contributed by atoms with E-state index in [4.69, 9.17) is 4.43 Å². The van der Waals surface area contributed by atoms with Gasteiger partial charge in [-0.3, -0.25) is 0 Å². The summed E-state index contributed by atoms with van der Waals surface area (Å²) in [6.45, 7) is 7.41. The van der Waals surface area contributed by atoms with Crippen LogP contribution in [-0.4, -0.2) is 16.4 Å². The molecule has 0 spiro atoms. The summed E-state index contributed by atoms with van der Waals surface area (Å²) in [5.41, 5.74) is 5.63. The van der Waals surface area contributed by atoms with Gasteiger partial charge in [0.2, 0.25) is 0 Å². The second-order valence-electron chi connectivity index (χ2n) is 5.00. The van der Waals surface area contributed by atoms with Gasteiger partial charge in [-0.15, -0.1) is 0 Å². The second-order valence-corrected chi connectivity index (χ2v) is 6.40. The summed E-state index contributed by atoms with van der Waals surface area (Å²) in [4.78, 5) is 0. The summed E-state index contributed by atoms with van der Waals surface area (Å²) in [5.74, 6) is 0. The zero-order valence-electron chi connectivity index (χ0n) is 12.1. The Morgan fingerprint density at radius 2 is 1.42 bits per heavy atom. The van der Waals surface area contributed by atoms with Crippen molar-refractivity contribution in [2.75, 3.05) is 6.61 Å². The molecule has 0 aliphatic heterocycles. The molecule has 19 heavy (non-hydrogen) atoms. The lowest BCUT2D eigenvalue weighted by Gasteiger charge is -2.10. The minimum Gasteiger partial charge on any atom is -0.419 e. The Hall–Kier alpha value is -1.38. The first-order chi connectivity index (χ1) is 9.22. The first-order valence-electron chi connectivity index (χ1n) is 6.95. The Balaban J connectivity index is 0.000000180. The van der Waals surface area contributed by atoms with Crippen LogP contribution in [-0.2, 0) is 4.43 Å². The van der Waals surface area contributed by atoms with E-state index in [1.54, 1.807) is 0 Å². The Labute approximate surface area is 118 Å². The van der Waals surface area contributed by atoms with E-state index in [0.29, 0.717) is 0 Å². The van der Waals surface area contributed by atoms with E-state index in [0.717, 1.165) is 13.0 Å².